The largest absolute Gasteiger partial charge is 0.375 e. The number of carbonyl (C=O) groups is 1. The fourth-order valence-electron chi connectivity index (χ4n) is 1.57. The lowest BCUT2D eigenvalue weighted by molar-refractivity contribution is 0.0935. The van der Waals surface area contributed by atoms with Crippen LogP contribution in [0, 0.1) is 0 Å². The number of benzene rings is 1. The molecule has 4 nitrogen and oxygen atoms in total. The number of nitrogens with one attached hydrogen (secondary N) is 1. The van der Waals surface area contributed by atoms with E-state index in [2.05, 4.69) is 10.3 Å². The lowest BCUT2D eigenvalue weighted by Gasteiger charge is -2.14. The zero-order valence-electron chi connectivity index (χ0n) is 9.68. The maximum Gasteiger partial charge on any atom is 0.271 e. The molecule has 0 saturated carbocycles. The molecule has 2 aromatic rings. The van der Waals surface area contributed by atoms with Crippen LogP contribution in [-0.4, -0.2) is 10.9 Å². The number of anilines is 1. The first-order chi connectivity index (χ1) is 8.58. The van der Waals surface area contributed by atoms with Gasteiger partial charge in [-0.1, -0.05) is 29.8 Å². The molecule has 0 fully saturated rings. The Morgan fingerprint density at radius 3 is 2.83 bits per heavy atom. The van der Waals surface area contributed by atoms with Gasteiger partial charge in [0.15, 0.2) is 5.13 Å². The maximum absolute atomic E-state index is 11.9. The van der Waals surface area contributed by atoms with Crippen molar-refractivity contribution in [1.29, 1.82) is 0 Å². The topological polar surface area (TPSA) is 68.0 Å². The van der Waals surface area contributed by atoms with Crippen molar-refractivity contribution in [3.63, 3.8) is 0 Å². The zero-order chi connectivity index (χ0) is 13.1. The summed E-state index contributed by atoms with van der Waals surface area (Å²) in [7, 11) is 0. The molecule has 1 aromatic heterocycles. The Balaban J connectivity index is 2.10. The molecule has 0 aliphatic carbocycles. The van der Waals surface area contributed by atoms with E-state index in [9.17, 15) is 4.79 Å². The van der Waals surface area contributed by atoms with E-state index in [1.165, 1.54) is 11.3 Å². The molecule has 0 radical (unpaired) electrons. The Kier molecular flexibility index (Phi) is 3.84. The first-order valence-corrected chi connectivity index (χ1v) is 6.60. The number of carbonyl (C=O) groups excluding carboxylic acids is 1. The molecule has 0 spiro atoms. The highest BCUT2D eigenvalue weighted by Gasteiger charge is 2.15. The van der Waals surface area contributed by atoms with Crippen LogP contribution in [0.1, 0.15) is 29.0 Å². The van der Waals surface area contributed by atoms with Crippen molar-refractivity contribution in [1.82, 2.24) is 10.3 Å². The predicted octanol–water partition coefficient (Wildman–Crippen LogP) is 2.87. The van der Waals surface area contributed by atoms with Crippen LogP contribution in [0.2, 0.25) is 5.02 Å². The molecule has 3 N–H and O–H groups in total. The predicted molar refractivity (Wildman–Crippen MR) is 73.9 cm³/mol. The van der Waals surface area contributed by atoms with Gasteiger partial charge in [0.1, 0.15) is 5.69 Å². The lowest BCUT2D eigenvalue weighted by atomic mass is 10.1. The van der Waals surface area contributed by atoms with E-state index in [4.69, 9.17) is 17.3 Å². The average molecular weight is 282 g/mol. The Morgan fingerprint density at radius 2 is 2.22 bits per heavy atom. The van der Waals surface area contributed by atoms with Crippen LogP contribution < -0.4 is 11.1 Å². The van der Waals surface area contributed by atoms with Crippen molar-refractivity contribution in [2.75, 3.05) is 5.73 Å². The molecule has 94 valence electrons. The van der Waals surface area contributed by atoms with Crippen molar-refractivity contribution in [2.45, 2.75) is 13.0 Å². The van der Waals surface area contributed by atoms with E-state index in [1.54, 1.807) is 11.4 Å². The van der Waals surface area contributed by atoms with E-state index in [0.717, 1.165) is 5.56 Å². The van der Waals surface area contributed by atoms with Gasteiger partial charge in [-0.05, 0) is 18.6 Å². The summed E-state index contributed by atoms with van der Waals surface area (Å²) in [6.07, 6.45) is 0. The summed E-state index contributed by atoms with van der Waals surface area (Å²) in [6.45, 7) is 1.87. The van der Waals surface area contributed by atoms with Gasteiger partial charge < -0.3 is 11.1 Å². The number of nitrogens with two attached hydrogens (primary N) is 1. The highest BCUT2D eigenvalue weighted by molar-refractivity contribution is 7.13. The average Bonchev–Trinajstić information content (AvgIpc) is 2.76. The summed E-state index contributed by atoms with van der Waals surface area (Å²) in [5.41, 5.74) is 6.69. The Bertz CT molecular complexity index is 570. The van der Waals surface area contributed by atoms with Crippen LogP contribution >= 0.6 is 22.9 Å². The third-order valence-corrected chi connectivity index (χ3v) is 3.49. The van der Waals surface area contributed by atoms with Gasteiger partial charge in [-0.25, -0.2) is 4.98 Å². The van der Waals surface area contributed by atoms with Gasteiger partial charge in [-0.3, -0.25) is 4.79 Å². The van der Waals surface area contributed by atoms with Gasteiger partial charge in [0, 0.05) is 10.4 Å². The van der Waals surface area contributed by atoms with Gasteiger partial charge >= 0.3 is 0 Å². The molecule has 0 unspecified atom stereocenters. The molecule has 18 heavy (non-hydrogen) atoms. The van der Waals surface area contributed by atoms with Crippen molar-refractivity contribution in [3.05, 3.63) is 45.9 Å². The number of nitrogen functional groups attached to an aromatic ring is 1. The summed E-state index contributed by atoms with van der Waals surface area (Å²) in [4.78, 5) is 15.8. The van der Waals surface area contributed by atoms with Crippen LogP contribution in [0.5, 0.6) is 0 Å². The number of hydrogen-bond acceptors (Lipinski definition) is 4. The number of amides is 1. The molecular formula is C12H12ClN3OS. The van der Waals surface area contributed by atoms with Gasteiger partial charge in [-0.15, -0.1) is 11.3 Å². The fourth-order valence-corrected chi connectivity index (χ4v) is 2.41. The SMILES string of the molecule is C[C@H](NC(=O)c1csc(N)n1)c1ccccc1Cl. The zero-order valence-corrected chi connectivity index (χ0v) is 11.3. The normalized spacial score (nSPS) is 12.1. The van der Waals surface area contributed by atoms with E-state index in [0.29, 0.717) is 15.8 Å². The second kappa shape index (κ2) is 5.37. The molecule has 1 heterocycles. The second-order valence-corrected chi connectivity index (χ2v) is 5.08. The fraction of sp³-hybridized carbons (Fsp3) is 0.167. The number of halogens is 1. The second-order valence-electron chi connectivity index (χ2n) is 3.79. The van der Waals surface area contributed by atoms with Crippen LogP contribution in [0.25, 0.3) is 0 Å². The first-order valence-electron chi connectivity index (χ1n) is 5.34. The van der Waals surface area contributed by atoms with E-state index >= 15 is 0 Å². The Hall–Kier alpha value is -1.59. The minimum Gasteiger partial charge on any atom is -0.375 e. The van der Waals surface area contributed by atoms with Crippen LogP contribution in [0.4, 0.5) is 5.13 Å². The van der Waals surface area contributed by atoms with Crippen LogP contribution in [0.3, 0.4) is 0 Å². The lowest BCUT2D eigenvalue weighted by Crippen LogP contribution is -2.27. The molecular weight excluding hydrogens is 270 g/mol. The van der Waals surface area contributed by atoms with Crippen molar-refractivity contribution >= 4 is 34.0 Å². The van der Waals surface area contributed by atoms with E-state index < -0.39 is 0 Å². The maximum atomic E-state index is 11.9. The molecule has 6 heteroatoms. The summed E-state index contributed by atoms with van der Waals surface area (Å²) in [5.74, 6) is -0.254. The summed E-state index contributed by atoms with van der Waals surface area (Å²) < 4.78 is 0. The third kappa shape index (κ3) is 2.80. The number of hydrogen-bond donors (Lipinski definition) is 2. The smallest absolute Gasteiger partial charge is 0.271 e. The summed E-state index contributed by atoms with van der Waals surface area (Å²) >= 11 is 7.31. The minimum absolute atomic E-state index is 0.186. The van der Waals surface area contributed by atoms with Crippen molar-refractivity contribution in [3.8, 4) is 0 Å². The molecule has 0 aliphatic heterocycles. The number of nitrogens with zero attached hydrogens (tertiary/aromatic N) is 1. The highest BCUT2D eigenvalue weighted by atomic mass is 35.5. The van der Waals surface area contributed by atoms with E-state index in [-0.39, 0.29) is 11.9 Å². The van der Waals surface area contributed by atoms with Crippen LogP contribution in [-0.2, 0) is 0 Å². The molecule has 0 aliphatic rings. The summed E-state index contributed by atoms with van der Waals surface area (Å²) in [6, 6.07) is 7.21. The molecule has 2 rings (SSSR count). The Morgan fingerprint density at radius 1 is 1.50 bits per heavy atom. The minimum atomic E-state index is -0.254. The van der Waals surface area contributed by atoms with Crippen molar-refractivity contribution < 1.29 is 4.79 Å². The monoisotopic (exact) mass is 281 g/mol. The summed E-state index contributed by atoms with van der Waals surface area (Å²) in [5, 5.41) is 5.47. The quantitative estimate of drug-likeness (QED) is 0.909. The van der Waals surface area contributed by atoms with Gasteiger partial charge in [0.2, 0.25) is 0 Å². The molecule has 1 aromatic carbocycles. The number of rotatable bonds is 3. The van der Waals surface area contributed by atoms with Crippen molar-refractivity contribution in [2.24, 2.45) is 0 Å². The van der Waals surface area contributed by atoms with E-state index in [1.807, 2.05) is 25.1 Å². The standard InChI is InChI=1S/C12H12ClN3OS/c1-7(8-4-2-3-5-9(8)13)15-11(17)10-6-18-12(14)16-10/h2-7H,1H3,(H2,14,16)(H,15,17)/t7-/m0/s1. The number of thiazole rings is 1. The molecule has 1 atom stereocenters. The first kappa shape index (κ1) is 12.9. The number of aromatic nitrogens is 1. The highest BCUT2D eigenvalue weighted by Crippen LogP contribution is 2.22. The third-order valence-electron chi connectivity index (χ3n) is 2.47. The molecule has 0 saturated heterocycles. The van der Waals surface area contributed by atoms with Gasteiger partial charge in [-0.2, -0.15) is 0 Å². The molecule has 1 amide bonds. The van der Waals surface area contributed by atoms with Gasteiger partial charge in [0.25, 0.3) is 5.91 Å². The van der Waals surface area contributed by atoms with Crippen LogP contribution in [0.15, 0.2) is 29.6 Å². The van der Waals surface area contributed by atoms with Gasteiger partial charge in [0.05, 0.1) is 6.04 Å². The Labute approximate surface area is 114 Å². The molecule has 0 bridgehead atoms.